The summed E-state index contributed by atoms with van der Waals surface area (Å²) in [5.74, 6) is 0.392. The molecule has 1 aromatic carbocycles. The fourth-order valence-electron chi connectivity index (χ4n) is 2.73. The van der Waals surface area contributed by atoms with E-state index < -0.39 is 0 Å². The average molecular weight is 311 g/mol. The quantitative estimate of drug-likeness (QED) is 0.862. The lowest BCUT2D eigenvalue weighted by molar-refractivity contribution is 0.124. The second kappa shape index (κ2) is 7.24. The summed E-state index contributed by atoms with van der Waals surface area (Å²) in [5.41, 5.74) is 1.70. The summed E-state index contributed by atoms with van der Waals surface area (Å²) in [6, 6.07) is 13.1. The first-order valence-corrected chi connectivity index (χ1v) is 7.90. The number of hydrogen-bond donors (Lipinski definition) is 2. The van der Waals surface area contributed by atoms with Crippen LogP contribution in [0.25, 0.3) is 0 Å². The summed E-state index contributed by atoms with van der Waals surface area (Å²) in [6.45, 7) is 0.465. The van der Waals surface area contributed by atoms with Crippen molar-refractivity contribution in [2.75, 3.05) is 11.9 Å². The molecule has 1 aromatic heterocycles. The van der Waals surface area contributed by atoms with E-state index in [0.717, 1.165) is 18.4 Å². The first-order valence-electron chi connectivity index (χ1n) is 7.90. The number of aliphatic hydroxyl groups excluding tert-OH is 1. The molecule has 3 rings (SSSR count). The van der Waals surface area contributed by atoms with Gasteiger partial charge in [-0.25, -0.2) is 4.79 Å². The van der Waals surface area contributed by atoms with Crippen LogP contribution in [0.15, 0.2) is 54.9 Å². The van der Waals surface area contributed by atoms with E-state index >= 15 is 0 Å². The first kappa shape index (κ1) is 15.5. The van der Waals surface area contributed by atoms with E-state index in [1.807, 2.05) is 30.3 Å². The lowest BCUT2D eigenvalue weighted by atomic mass is 10.1. The molecular weight excluding hydrogens is 290 g/mol. The number of carbonyl (C=O) groups excluding carboxylic acids is 1. The summed E-state index contributed by atoms with van der Waals surface area (Å²) >= 11 is 0. The summed E-state index contributed by atoms with van der Waals surface area (Å²) in [5, 5.41) is 12.6. The van der Waals surface area contributed by atoms with Crippen LogP contribution in [0, 0.1) is 5.92 Å². The molecule has 2 N–H and O–H groups in total. The Kier molecular flexibility index (Phi) is 4.88. The highest BCUT2D eigenvalue weighted by atomic mass is 16.3. The summed E-state index contributed by atoms with van der Waals surface area (Å²) in [6.07, 6.45) is 5.41. The highest BCUT2D eigenvalue weighted by Crippen LogP contribution is 2.36. The number of carbonyl (C=O) groups is 1. The van der Waals surface area contributed by atoms with Crippen molar-refractivity contribution < 1.29 is 9.90 Å². The van der Waals surface area contributed by atoms with Gasteiger partial charge < -0.3 is 15.3 Å². The molecular formula is C18H21N3O2. The van der Waals surface area contributed by atoms with Crippen molar-refractivity contribution >= 4 is 11.7 Å². The maximum Gasteiger partial charge on any atom is 0.322 e. The summed E-state index contributed by atoms with van der Waals surface area (Å²) in [7, 11) is 0. The zero-order valence-corrected chi connectivity index (χ0v) is 12.9. The lowest BCUT2D eigenvalue weighted by Crippen LogP contribution is -2.45. The van der Waals surface area contributed by atoms with Crippen molar-refractivity contribution in [3.63, 3.8) is 0 Å². The highest BCUT2D eigenvalue weighted by molar-refractivity contribution is 5.89. The van der Waals surface area contributed by atoms with E-state index in [4.69, 9.17) is 0 Å². The van der Waals surface area contributed by atoms with Gasteiger partial charge in [-0.3, -0.25) is 4.98 Å². The van der Waals surface area contributed by atoms with E-state index in [1.165, 1.54) is 0 Å². The number of aromatic nitrogens is 1. The number of amides is 2. The molecule has 1 saturated carbocycles. The molecule has 0 spiro atoms. The monoisotopic (exact) mass is 311 g/mol. The minimum atomic E-state index is -0.201. The van der Waals surface area contributed by atoms with Gasteiger partial charge in [0, 0.05) is 12.7 Å². The number of hydrogen-bond acceptors (Lipinski definition) is 3. The number of nitrogens with zero attached hydrogens (tertiary/aromatic N) is 2. The Balaban J connectivity index is 1.77. The fourth-order valence-corrected chi connectivity index (χ4v) is 2.73. The van der Waals surface area contributed by atoms with Crippen LogP contribution in [0.5, 0.6) is 0 Å². The molecule has 5 nitrogen and oxygen atoms in total. The Morgan fingerprint density at radius 1 is 1.26 bits per heavy atom. The Labute approximate surface area is 136 Å². The molecule has 1 fully saturated rings. The maximum atomic E-state index is 12.7. The smallest absolute Gasteiger partial charge is 0.322 e. The van der Waals surface area contributed by atoms with Crippen LogP contribution in [0.2, 0.25) is 0 Å². The summed E-state index contributed by atoms with van der Waals surface area (Å²) in [4.78, 5) is 18.5. The van der Waals surface area contributed by atoms with Crippen molar-refractivity contribution in [2.24, 2.45) is 5.92 Å². The molecule has 0 aliphatic heterocycles. The first-order chi connectivity index (χ1) is 11.3. The normalized spacial score (nSPS) is 15.0. The Morgan fingerprint density at radius 3 is 2.65 bits per heavy atom. The number of pyridine rings is 1. The van der Waals surface area contributed by atoms with Gasteiger partial charge >= 0.3 is 6.03 Å². The average Bonchev–Trinajstić information content (AvgIpc) is 3.41. The fraction of sp³-hybridized carbons (Fsp3) is 0.333. The minimum Gasteiger partial charge on any atom is -0.394 e. The third-order valence-corrected chi connectivity index (χ3v) is 4.12. The van der Waals surface area contributed by atoms with Crippen LogP contribution in [-0.2, 0) is 6.54 Å². The SMILES string of the molecule is O=C(Nc1cccnc1)N(Cc1ccccc1)C(CO)C1CC1. The Hall–Kier alpha value is -2.40. The van der Waals surface area contributed by atoms with Gasteiger partial charge in [-0.15, -0.1) is 0 Å². The molecule has 0 radical (unpaired) electrons. The van der Waals surface area contributed by atoms with Crippen molar-refractivity contribution in [1.82, 2.24) is 9.88 Å². The van der Waals surface area contributed by atoms with Gasteiger partial charge in [-0.05, 0) is 36.5 Å². The molecule has 120 valence electrons. The van der Waals surface area contributed by atoms with Crippen LogP contribution < -0.4 is 5.32 Å². The minimum absolute atomic E-state index is 0.0159. The molecule has 1 unspecified atom stereocenters. The lowest BCUT2D eigenvalue weighted by Gasteiger charge is -2.31. The molecule has 0 saturated heterocycles. The van der Waals surface area contributed by atoms with E-state index in [9.17, 15) is 9.90 Å². The molecule has 1 aliphatic rings. The van der Waals surface area contributed by atoms with Crippen LogP contribution in [0.4, 0.5) is 10.5 Å². The molecule has 1 atom stereocenters. The molecule has 5 heteroatoms. The number of rotatable bonds is 6. The van der Waals surface area contributed by atoms with E-state index in [2.05, 4.69) is 10.3 Å². The topological polar surface area (TPSA) is 65.5 Å². The second-order valence-electron chi connectivity index (χ2n) is 5.87. The van der Waals surface area contributed by atoms with Crippen molar-refractivity contribution in [2.45, 2.75) is 25.4 Å². The zero-order chi connectivity index (χ0) is 16.1. The number of aliphatic hydroxyl groups is 1. The van der Waals surface area contributed by atoms with Gasteiger partial charge in [-0.1, -0.05) is 30.3 Å². The third kappa shape index (κ3) is 4.07. The van der Waals surface area contributed by atoms with Crippen molar-refractivity contribution in [3.05, 3.63) is 60.4 Å². The molecule has 23 heavy (non-hydrogen) atoms. The largest absolute Gasteiger partial charge is 0.394 e. The molecule has 2 amide bonds. The molecule has 2 aromatic rings. The van der Waals surface area contributed by atoms with Crippen molar-refractivity contribution in [1.29, 1.82) is 0 Å². The number of nitrogens with one attached hydrogen (secondary N) is 1. The van der Waals surface area contributed by atoms with Crippen LogP contribution >= 0.6 is 0 Å². The highest BCUT2D eigenvalue weighted by Gasteiger charge is 2.37. The summed E-state index contributed by atoms with van der Waals surface area (Å²) < 4.78 is 0. The van der Waals surface area contributed by atoms with E-state index in [1.54, 1.807) is 29.4 Å². The van der Waals surface area contributed by atoms with Gasteiger partial charge in [0.25, 0.3) is 0 Å². The predicted octanol–water partition coefficient (Wildman–Crippen LogP) is 2.89. The van der Waals surface area contributed by atoms with Crippen molar-refractivity contribution in [3.8, 4) is 0 Å². The number of anilines is 1. The Morgan fingerprint density at radius 2 is 2.04 bits per heavy atom. The molecule has 0 bridgehead atoms. The second-order valence-corrected chi connectivity index (χ2v) is 5.87. The molecule has 1 aliphatic carbocycles. The Bertz CT molecular complexity index is 629. The zero-order valence-electron chi connectivity index (χ0n) is 12.9. The van der Waals surface area contributed by atoms with E-state index in [0.29, 0.717) is 18.2 Å². The number of urea groups is 1. The van der Waals surface area contributed by atoms with Crippen LogP contribution in [0.1, 0.15) is 18.4 Å². The predicted molar refractivity (Wildman–Crippen MR) is 88.8 cm³/mol. The van der Waals surface area contributed by atoms with Gasteiger partial charge in [0.2, 0.25) is 0 Å². The molecule has 1 heterocycles. The van der Waals surface area contributed by atoms with Crippen LogP contribution in [-0.4, -0.2) is 33.7 Å². The van der Waals surface area contributed by atoms with Gasteiger partial charge in [0.1, 0.15) is 0 Å². The van der Waals surface area contributed by atoms with E-state index in [-0.39, 0.29) is 18.7 Å². The van der Waals surface area contributed by atoms with Gasteiger partial charge in [0.05, 0.1) is 24.5 Å². The maximum absolute atomic E-state index is 12.7. The number of benzene rings is 1. The standard InChI is InChI=1S/C18H21N3O2/c22-13-17(15-8-9-15)21(12-14-5-2-1-3-6-14)18(23)20-16-7-4-10-19-11-16/h1-7,10-11,15,17,22H,8-9,12-13H2,(H,20,23). The van der Waals surface area contributed by atoms with Gasteiger partial charge in [0.15, 0.2) is 0 Å². The van der Waals surface area contributed by atoms with Crippen LogP contribution in [0.3, 0.4) is 0 Å². The third-order valence-electron chi connectivity index (χ3n) is 4.12. The van der Waals surface area contributed by atoms with Gasteiger partial charge in [-0.2, -0.15) is 0 Å².